The number of carbonyl (C=O) groups is 1. The molecule has 0 bridgehead atoms. The van der Waals surface area contributed by atoms with Crippen LogP contribution >= 0.6 is 11.3 Å². The van der Waals surface area contributed by atoms with E-state index in [2.05, 4.69) is 15.0 Å². The van der Waals surface area contributed by atoms with E-state index in [1.165, 1.54) is 24.5 Å². The van der Waals surface area contributed by atoms with Crippen molar-refractivity contribution in [1.29, 1.82) is 0 Å². The first-order valence-corrected chi connectivity index (χ1v) is 7.50. The quantitative estimate of drug-likeness (QED) is 0.829. The number of ether oxygens (including phenoxy) is 1. The fraction of sp³-hybridized carbons (Fsp3) is 0.333. The van der Waals surface area contributed by atoms with Crippen LogP contribution in [0.15, 0.2) is 29.6 Å². The zero-order valence-electron chi connectivity index (χ0n) is 11.9. The Balaban J connectivity index is 1.96. The van der Waals surface area contributed by atoms with Gasteiger partial charge in [0.25, 0.3) is 0 Å². The number of anilines is 1. The van der Waals surface area contributed by atoms with Crippen LogP contribution < -0.4 is 5.32 Å². The van der Waals surface area contributed by atoms with Crippen molar-refractivity contribution >= 4 is 22.4 Å². The molecule has 1 unspecified atom stereocenters. The van der Waals surface area contributed by atoms with Gasteiger partial charge in [0.2, 0.25) is 0 Å². The van der Waals surface area contributed by atoms with Gasteiger partial charge in [0.05, 0.1) is 25.3 Å². The summed E-state index contributed by atoms with van der Waals surface area (Å²) in [7, 11) is 1.37. The number of rotatable bonds is 6. The zero-order valence-corrected chi connectivity index (χ0v) is 12.7. The fourth-order valence-corrected chi connectivity index (χ4v) is 2.74. The van der Waals surface area contributed by atoms with Crippen LogP contribution in [0, 0.1) is 5.82 Å². The first-order valence-electron chi connectivity index (χ1n) is 6.62. The van der Waals surface area contributed by atoms with Crippen LogP contribution in [0.1, 0.15) is 30.6 Å². The first kappa shape index (κ1) is 15.4. The molecule has 1 heterocycles. The number of esters is 1. The maximum atomic E-state index is 13.7. The molecule has 0 saturated heterocycles. The lowest BCUT2D eigenvalue weighted by atomic mass is 10.1. The van der Waals surface area contributed by atoms with Gasteiger partial charge in [-0.2, -0.15) is 0 Å². The summed E-state index contributed by atoms with van der Waals surface area (Å²) in [6.07, 6.45) is 0.849. The van der Waals surface area contributed by atoms with Crippen molar-refractivity contribution in [3.05, 3.63) is 46.7 Å². The highest BCUT2D eigenvalue weighted by Gasteiger charge is 2.12. The van der Waals surface area contributed by atoms with Crippen molar-refractivity contribution in [2.75, 3.05) is 12.4 Å². The molecule has 0 saturated carbocycles. The smallest absolute Gasteiger partial charge is 0.305 e. The van der Waals surface area contributed by atoms with Gasteiger partial charge in [0.1, 0.15) is 5.82 Å². The zero-order chi connectivity index (χ0) is 15.2. The third kappa shape index (κ3) is 4.26. The Bertz CT molecular complexity index is 615. The lowest BCUT2D eigenvalue weighted by Crippen LogP contribution is -2.08. The Hall–Kier alpha value is -1.95. The number of nitrogens with zero attached hydrogens (tertiary/aromatic N) is 1. The van der Waals surface area contributed by atoms with Gasteiger partial charge in [0.15, 0.2) is 5.13 Å². The highest BCUT2D eigenvalue weighted by molar-refractivity contribution is 7.13. The second-order valence-corrected chi connectivity index (χ2v) is 5.47. The Morgan fingerprint density at radius 1 is 1.48 bits per heavy atom. The van der Waals surface area contributed by atoms with Gasteiger partial charge in [-0.1, -0.05) is 18.2 Å². The molecule has 0 aliphatic heterocycles. The van der Waals surface area contributed by atoms with Gasteiger partial charge in [0, 0.05) is 17.4 Å². The monoisotopic (exact) mass is 308 g/mol. The summed E-state index contributed by atoms with van der Waals surface area (Å²) in [5, 5.41) is 5.77. The fourth-order valence-electron chi connectivity index (χ4n) is 1.91. The molecule has 0 aliphatic carbocycles. The number of aryl methyl sites for hydroxylation is 1. The number of hydrogen-bond acceptors (Lipinski definition) is 5. The standard InChI is InChI=1S/C15H17FN2O2S/c1-10(12-5-3-4-6-13(12)16)17-15-18-11(9-21-15)7-8-14(19)20-2/h3-6,9-10H,7-8H2,1-2H3,(H,17,18). The number of carbonyl (C=O) groups excluding carboxylic acids is 1. The van der Waals surface area contributed by atoms with E-state index in [-0.39, 0.29) is 17.8 Å². The molecular formula is C15H17FN2O2S. The van der Waals surface area contributed by atoms with Crippen LogP contribution in [0.4, 0.5) is 9.52 Å². The van der Waals surface area contributed by atoms with Gasteiger partial charge in [-0.3, -0.25) is 4.79 Å². The summed E-state index contributed by atoms with van der Waals surface area (Å²) in [4.78, 5) is 15.5. The van der Waals surface area contributed by atoms with Crippen molar-refractivity contribution < 1.29 is 13.9 Å². The average molecular weight is 308 g/mol. The minimum absolute atomic E-state index is 0.175. The second kappa shape index (κ2) is 7.17. The van der Waals surface area contributed by atoms with Crippen LogP contribution in [0.2, 0.25) is 0 Å². The number of hydrogen-bond donors (Lipinski definition) is 1. The predicted octanol–water partition coefficient (Wildman–Crippen LogP) is 3.56. The number of thiazole rings is 1. The third-order valence-electron chi connectivity index (χ3n) is 3.08. The summed E-state index contributed by atoms with van der Waals surface area (Å²) in [6, 6.07) is 6.49. The third-order valence-corrected chi connectivity index (χ3v) is 3.90. The average Bonchev–Trinajstić information content (AvgIpc) is 2.92. The maximum Gasteiger partial charge on any atom is 0.305 e. The number of methoxy groups -OCH3 is 1. The summed E-state index contributed by atoms with van der Waals surface area (Å²) in [6.45, 7) is 1.88. The molecule has 112 valence electrons. The van der Waals surface area contributed by atoms with E-state index < -0.39 is 0 Å². The van der Waals surface area contributed by atoms with Crippen LogP contribution in [-0.4, -0.2) is 18.1 Å². The molecule has 0 radical (unpaired) electrons. The van der Waals surface area contributed by atoms with Crippen LogP contribution in [0.3, 0.4) is 0 Å². The van der Waals surface area contributed by atoms with Gasteiger partial charge < -0.3 is 10.1 Å². The summed E-state index contributed by atoms with van der Waals surface area (Å²) in [5.74, 6) is -0.489. The van der Waals surface area contributed by atoms with E-state index in [0.29, 0.717) is 23.5 Å². The molecule has 4 nitrogen and oxygen atoms in total. The van der Waals surface area contributed by atoms with Crippen molar-refractivity contribution in [3.8, 4) is 0 Å². The molecule has 0 aliphatic rings. The SMILES string of the molecule is COC(=O)CCc1csc(NC(C)c2ccccc2F)n1. The van der Waals surface area contributed by atoms with E-state index in [1.54, 1.807) is 18.2 Å². The van der Waals surface area contributed by atoms with Gasteiger partial charge >= 0.3 is 5.97 Å². The molecule has 0 fully saturated rings. The van der Waals surface area contributed by atoms with Crippen LogP contribution in [-0.2, 0) is 16.0 Å². The molecule has 2 rings (SSSR count). The van der Waals surface area contributed by atoms with Gasteiger partial charge in [-0.25, -0.2) is 9.37 Å². The Labute approximate surface area is 127 Å². The summed E-state index contributed by atoms with van der Waals surface area (Å²) < 4.78 is 18.3. The molecule has 1 N–H and O–H groups in total. The molecule has 6 heteroatoms. The highest BCUT2D eigenvalue weighted by Crippen LogP contribution is 2.24. The van der Waals surface area contributed by atoms with E-state index >= 15 is 0 Å². The lowest BCUT2D eigenvalue weighted by molar-refractivity contribution is -0.140. The molecular weight excluding hydrogens is 291 g/mol. The molecule has 1 atom stereocenters. The van der Waals surface area contributed by atoms with Crippen molar-refractivity contribution in [2.45, 2.75) is 25.8 Å². The number of halogens is 1. The van der Waals surface area contributed by atoms with E-state index in [9.17, 15) is 9.18 Å². The minimum Gasteiger partial charge on any atom is -0.469 e. The van der Waals surface area contributed by atoms with E-state index in [4.69, 9.17) is 0 Å². The Morgan fingerprint density at radius 3 is 2.95 bits per heavy atom. The lowest BCUT2D eigenvalue weighted by Gasteiger charge is -2.13. The normalized spacial score (nSPS) is 12.0. The van der Waals surface area contributed by atoms with Crippen molar-refractivity contribution in [3.63, 3.8) is 0 Å². The number of benzene rings is 1. The topological polar surface area (TPSA) is 51.2 Å². The molecule has 21 heavy (non-hydrogen) atoms. The number of nitrogens with one attached hydrogen (secondary N) is 1. The van der Waals surface area contributed by atoms with Crippen molar-refractivity contribution in [1.82, 2.24) is 4.98 Å². The molecule has 2 aromatic rings. The minimum atomic E-state index is -0.253. The maximum absolute atomic E-state index is 13.7. The van der Waals surface area contributed by atoms with Crippen LogP contribution in [0.5, 0.6) is 0 Å². The summed E-state index contributed by atoms with van der Waals surface area (Å²) in [5.41, 5.74) is 1.43. The molecule has 1 aromatic heterocycles. The van der Waals surface area contributed by atoms with Crippen molar-refractivity contribution in [2.24, 2.45) is 0 Å². The Morgan fingerprint density at radius 2 is 2.24 bits per heavy atom. The predicted molar refractivity (Wildman–Crippen MR) is 80.9 cm³/mol. The highest BCUT2D eigenvalue weighted by atomic mass is 32.1. The molecule has 1 aromatic carbocycles. The second-order valence-electron chi connectivity index (χ2n) is 4.61. The summed E-state index contributed by atoms with van der Waals surface area (Å²) >= 11 is 1.44. The molecule has 0 amide bonds. The van der Waals surface area contributed by atoms with Crippen LogP contribution in [0.25, 0.3) is 0 Å². The first-order chi connectivity index (χ1) is 10.1. The molecule has 0 spiro atoms. The largest absolute Gasteiger partial charge is 0.469 e. The van der Waals surface area contributed by atoms with E-state index in [0.717, 1.165) is 5.69 Å². The number of aromatic nitrogens is 1. The Kier molecular flexibility index (Phi) is 5.27. The van der Waals surface area contributed by atoms with Gasteiger partial charge in [-0.15, -0.1) is 11.3 Å². The van der Waals surface area contributed by atoms with Gasteiger partial charge in [-0.05, 0) is 13.0 Å². The van der Waals surface area contributed by atoms with E-state index in [1.807, 2.05) is 12.3 Å².